The van der Waals surface area contributed by atoms with Crippen molar-refractivity contribution in [3.63, 3.8) is 0 Å². The van der Waals surface area contributed by atoms with Crippen molar-refractivity contribution in [3.05, 3.63) is 58.3 Å². The number of carbonyl (C=O) groups excluding carboxylic acids is 1. The van der Waals surface area contributed by atoms with Gasteiger partial charge in [0.1, 0.15) is 5.76 Å². The monoisotopic (exact) mass is 407 g/mol. The first-order valence-electron chi connectivity index (χ1n) is 11.2. The Bertz CT molecular complexity index is 980. The van der Waals surface area contributed by atoms with Crippen molar-refractivity contribution in [2.24, 2.45) is 0 Å². The van der Waals surface area contributed by atoms with Gasteiger partial charge in [-0.05, 0) is 60.1 Å². The molecule has 0 spiro atoms. The van der Waals surface area contributed by atoms with Gasteiger partial charge in [-0.3, -0.25) is 0 Å². The Kier molecular flexibility index (Phi) is 5.37. The van der Waals surface area contributed by atoms with E-state index in [0.29, 0.717) is 12.5 Å². The zero-order chi connectivity index (χ0) is 21.5. The van der Waals surface area contributed by atoms with Crippen LogP contribution in [0, 0.1) is 0 Å². The summed E-state index contributed by atoms with van der Waals surface area (Å²) in [5.74, 6) is 1.31. The van der Waals surface area contributed by atoms with Crippen molar-refractivity contribution >= 4 is 12.0 Å². The van der Waals surface area contributed by atoms with Gasteiger partial charge in [0.2, 0.25) is 5.89 Å². The van der Waals surface area contributed by atoms with E-state index in [0.717, 1.165) is 30.7 Å². The number of aromatic nitrogens is 1. The Morgan fingerprint density at radius 3 is 2.67 bits per heavy atom. The lowest BCUT2D eigenvalue weighted by Crippen LogP contribution is -2.34. The molecular formula is C26H33NO3. The molecule has 1 heterocycles. The van der Waals surface area contributed by atoms with E-state index >= 15 is 0 Å². The van der Waals surface area contributed by atoms with Crippen LogP contribution in [-0.2, 0) is 26.8 Å². The Morgan fingerprint density at radius 2 is 1.93 bits per heavy atom. The van der Waals surface area contributed by atoms with Gasteiger partial charge in [0.05, 0.1) is 12.3 Å². The first-order chi connectivity index (χ1) is 14.2. The molecule has 4 nitrogen and oxygen atoms in total. The summed E-state index contributed by atoms with van der Waals surface area (Å²) in [5, 5.41) is 0. The summed E-state index contributed by atoms with van der Waals surface area (Å²) in [4.78, 5) is 16.4. The summed E-state index contributed by atoms with van der Waals surface area (Å²) in [6, 6.07) is 7.07. The minimum Gasteiger partial charge on any atom is -0.463 e. The van der Waals surface area contributed by atoms with Crippen LogP contribution in [0.4, 0.5) is 0 Å². The molecule has 1 atom stereocenters. The van der Waals surface area contributed by atoms with E-state index in [-0.39, 0.29) is 22.7 Å². The van der Waals surface area contributed by atoms with Crippen molar-refractivity contribution < 1.29 is 13.9 Å². The number of hydrogen-bond donors (Lipinski definition) is 0. The van der Waals surface area contributed by atoms with Gasteiger partial charge in [-0.1, -0.05) is 45.9 Å². The number of hydrogen-bond acceptors (Lipinski definition) is 4. The fourth-order valence-corrected chi connectivity index (χ4v) is 4.99. The molecule has 2 aliphatic carbocycles. The molecule has 30 heavy (non-hydrogen) atoms. The Balaban J connectivity index is 1.68. The summed E-state index contributed by atoms with van der Waals surface area (Å²) in [5.41, 5.74) is 5.73. The highest BCUT2D eigenvalue weighted by Crippen LogP contribution is 2.47. The van der Waals surface area contributed by atoms with E-state index in [4.69, 9.17) is 14.1 Å². The predicted molar refractivity (Wildman–Crippen MR) is 119 cm³/mol. The summed E-state index contributed by atoms with van der Waals surface area (Å²) in [6.45, 7) is 11.6. The number of carbonyl (C=O) groups is 1. The number of aryl methyl sites for hydroxylation is 1. The van der Waals surface area contributed by atoms with Crippen LogP contribution in [0.3, 0.4) is 0 Å². The average Bonchev–Trinajstić information content (AvgIpc) is 3.13. The molecule has 4 rings (SSSR count). The largest absolute Gasteiger partial charge is 0.463 e. The highest BCUT2D eigenvalue weighted by Gasteiger charge is 2.38. The normalized spacial score (nSPS) is 21.8. The number of fused-ring (bicyclic) bond motifs is 2. The molecule has 0 radical (unpaired) electrons. The third-order valence-electron chi connectivity index (χ3n) is 6.90. The van der Waals surface area contributed by atoms with E-state index in [9.17, 15) is 4.79 Å². The number of benzene rings is 1. The van der Waals surface area contributed by atoms with Crippen LogP contribution in [0.2, 0.25) is 0 Å². The molecule has 0 fully saturated rings. The molecule has 2 aliphatic rings. The smallest absolute Gasteiger partial charge is 0.330 e. The van der Waals surface area contributed by atoms with Crippen LogP contribution < -0.4 is 0 Å². The van der Waals surface area contributed by atoms with E-state index in [1.807, 2.05) is 0 Å². The van der Waals surface area contributed by atoms with Gasteiger partial charge < -0.3 is 9.15 Å². The topological polar surface area (TPSA) is 52.3 Å². The first-order valence-corrected chi connectivity index (χ1v) is 11.2. The van der Waals surface area contributed by atoms with Crippen LogP contribution in [0.15, 0.2) is 28.7 Å². The van der Waals surface area contributed by atoms with Crippen LogP contribution in [-0.4, -0.2) is 17.6 Å². The Labute approximate surface area is 179 Å². The van der Waals surface area contributed by atoms with Crippen molar-refractivity contribution in [2.75, 3.05) is 6.61 Å². The first kappa shape index (κ1) is 20.9. The quantitative estimate of drug-likeness (QED) is 0.456. The Morgan fingerprint density at radius 1 is 1.20 bits per heavy atom. The average molecular weight is 408 g/mol. The van der Waals surface area contributed by atoms with Crippen molar-refractivity contribution in [1.82, 2.24) is 4.98 Å². The minimum absolute atomic E-state index is 0.190. The zero-order valence-electron chi connectivity index (χ0n) is 18.9. The van der Waals surface area contributed by atoms with Gasteiger partial charge in [0.15, 0.2) is 0 Å². The van der Waals surface area contributed by atoms with Crippen molar-refractivity contribution in [2.45, 2.75) is 83.5 Å². The van der Waals surface area contributed by atoms with Crippen molar-refractivity contribution in [1.29, 1.82) is 0 Å². The van der Waals surface area contributed by atoms with E-state index < -0.39 is 0 Å². The highest BCUT2D eigenvalue weighted by atomic mass is 16.5. The lowest BCUT2D eigenvalue weighted by atomic mass is 9.62. The molecule has 1 aromatic carbocycles. The van der Waals surface area contributed by atoms with Crippen LogP contribution >= 0.6 is 0 Å². The molecule has 160 valence electrons. The molecule has 0 bridgehead atoms. The maximum absolute atomic E-state index is 11.6. The molecule has 1 aromatic heterocycles. The maximum atomic E-state index is 11.6. The molecule has 0 amide bonds. The second kappa shape index (κ2) is 7.72. The predicted octanol–water partition coefficient (Wildman–Crippen LogP) is 6.07. The SMILES string of the molecule is CCOC(=O)/C=C/c1nc2c(o1)CCCC2c1ccc2c(c1)C(C)(C)CCC2(C)C. The van der Waals surface area contributed by atoms with Gasteiger partial charge in [-0.25, -0.2) is 9.78 Å². The number of ether oxygens (including phenoxy) is 1. The van der Waals surface area contributed by atoms with Gasteiger partial charge >= 0.3 is 5.97 Å². The van der Waals surface area contributed by atoms with E-state index in [1.54, 1.807) is 13.0 Å². The fraction of sp³-hybridized carbons (Fsp3) is 0.538. The zero-order valence-corrected chi connectivity index (χ0v) is 18.9. The lowest BCUT2D eigenvalue weighted by molar-refractivity contribution is -0.137. The Hall–Kier alpha value is -2.36. The molecular weight excluding hydrogens is 374 g/mol. The van der Waals surface area contributed by atoms with E-state index in [2.05, 4.69) is 45.9 Å². The molecule has 0 N–H and O–H groups in total. The number of esters is 1. The summed E-state index contributed by atoms with van der Waals surface area (Å²) < 4.78 is 10.9. The fourth-order valence-electron chi connectivity index (χ4n) is 4.99. The van der Waals surface area contributed by atoms with Gasteiger partial charge in [-0.15, -0.1) is 0 Å². The number of nitrogens with zero attached hydrogens (tertiary/aromatic N) is 1. The van der Waals surface area contributed by atoms with Gasteiger partial charge in [0, 0.05) is 24.5 Å². The maximum Gasteiger partial charge on any atom is 0.330 e. The minimum atomic E-state index is -0.371. The summed E-state index contributed by atoms with van der Waals surface area (Å²) in [6.07, 6.45) is 8.49. The third kappa shape index (κ3) is 3.84. The summed E-state index contributed by atoms with van der Waals surface area (Å²) in [7, 11) is 0. The standard InChI is InChI=1S/C26H33NO3/c1-6-29-23(28)13-12-22-27-24-18(8-7-9-21(24)30-22)17-10-11-19-20(16-17)26(4,5)15-14-25(19,2)3/h10-13,16,18H,6-9,14-15H2,1-5H3/b13-12+. The molecule has 4 heteroatoms. The molecule has 1 unspecified atom stereocenters. The van der Waals surface area contributed by atoms with Crippen LogP contribution in [0.25, 0.3) is 6.08 Å². The molecule has 0 saturated heterocycles. The molecule has 2 aromatic rings. The van der Waals surface area contributed by atoms with Gasteiger partial charge in [-0.2, -0.15) is 0 Å². The number of oxazole rings is 1. The van der Waals surface area contributed by atoms with Crippen LogP contribution in [0.5, 0.6) is 0 Å². The summed E-state index contributed by atoms with van der Waals surface area (Å²) >= 11 is 0. The van der Waals surface area contributed by atoms with E-state index in [1.165, 1.54) is 35.6 Å². The lowest BCUT2D eigenvalue weighted by Gasteiger charge is -2.42. The highest BCUT2D eigenvalue weighted by molar-refractivity contribution is 5.86. The second-order valence-electron chi connectivity index (χ2n) is 9.96. The number of rotatable bonds is 4. The van der Waals surface area contributed by atoms with Crippen molar-refractivity contribution in [3.8, 4) is 0 Å². The van der Waals surface area contributed by atoms with Gasteiger partial charge in [0.25, 0.3) is 0 Å². The molecule has 0 saturated carbocycles. The second-order valence-corrected chi connectivity index (χ2v) is 9.96. The molecule has 0 aliphatic heterocycles. The van der Waals surface area contributed by atoms with Crippen LogP contribution in [0.1, 0.15) is 100 Å². The third-order valence-corrected chi connectivity index (χ3v) is 6.90.